The minimum Gasteiger partial charge on any atom is -0.493 e. The summed E-state index contributed by atoms with van der Waals surface area (Å²) in [7, 11) is 4.66. The van der Waals surface area contributed by atoms with Crippen molar-refractivity contribution in [2.75, 3.05) is 26.6 Å². The summed E-state index contributed by atoms with van der Waals surface area (Å²) in [5.41, 5.74) is 1.35. The molecule has 7 heteroatoms. The Hall–Kier alpha value is -2.08. The third kappa shape index (κ3) is 2.91. The maximum absolute atomic E-state index is 5.67. The van der Waals surface area contributed by atoms with Crippen molar-refractivity contribution in [2.24, 2.45) is 0 Å². The fourth-order valence-electron chi connectivity index (χ4n) is 1.70. The van der Waals surface area contributed by atoms with Crippen LogP contribution in [0.25, 0.3) is 0 Å². The van der Waals surface area contributed by atoms with Gasteiger partial charge in [0.1, 0.15) is 6.26 Å². The third-order valence-corrected chi connectivity index (χ3v) is 2.88. The second-order valence-corrected chi connectivity index (χ2v) is 4.08. The standard InChI is InChI=1S/C13H15ClN2O4/c1-17-10-4-8(5-11(18-2)12(10)19-3)15-13-16-9(6-14)7-20-13/h4-5,7H,6H2,1-3H3,(H,15,16). The molecular weight excluding hydrogens is 284 g/mol. The minimum atomic E-state index is 0.292. The molecule has 0 saturated carbocycles. The molecule has 20 heavy (non-hydrogen) atoms. The Morgan fingerprint density at radius 3 is 2.25 bits per heavy atom. The summed E-state index contributed by atoms with van der Waals surface area (Å²) in [6.45, 7) is 0. The Morgan fingerprint density at radius 1 is 1.15 bits per heavy atom. The van der Waals surface area contributed by atoms with Crippen molar-refractivity contribution < 1.29 is 18.6 Å². The average Bonchev–Trinajstić information content (AvgIpc) is 2.93. The molecule has 0 saturated heterocycles. The first-order chi connectivity index (χ1) is 9.71. The second kappa shape index (κ2) is 6.38. The lowest BCUT2D eigenvalue weighted by Crippen LogP contribution is -1.98. The molecule has 0 aliphatic heterocycles. The highest BCUT2D eigenvalue weighted by Gasteiger charge is 2.14. The highest BCUT2D eigenvalue weighted by molar-refractivity contribution is 6.16. The number of nitrogens with one attached hydrogen (secondary N) is 1. The SMILES string of the molecule is COc1cc(Nc2nc(CCl)co2)cc(OC)c1OC. The number of oxazole rings is 1. The molecule has 2 aromatic rings. The molecule has 1 aromatic heterocycles. The lowest BCUT2D eigenvalue weighted by molar-refractivity contribution is 0.324. The van der Waals surface area contributed by atoms with Gasteiger partial charge in [-0.05, 0) is 0 Å². The van der Waals surface area contributed by atoms with Gasteiger partial charge in [0.05, 0.1) is 32.9 Å². The fraction of sp³-hybridized carbons (Fsp3) is 0.308. The highest BCUT2D eigenvalue weighted by atomic mass is 35.5. The number of ether oxygens (including phenoxy) is 3. The van der Waals surface area contributed by atoms with Crippen LogP contribution in [-0.2, 0) is 5.88 Å². The van der Waals surface area contributed by atoms with Crippen LogP contribution in [0.5, 0.6) is 17.2 Å². The van der Waals surface area contributed by atoms with E-state index >= 15 is 0 Å². The molecule has 2 rings (SSSR count). The van der Waals surface area contributed by atoms with Crippen LogP contribution in [0.15, 0.2) is 22.8 Å². The van der Waals surface area contributed by atoms with Gasteiger partial charge in [-0.1, -0.05) is 0 Å². The molecule has 0 unspecified atom stereocenters. The Labute approximate surface area is 121 Å². The molecule has 0 spiro atoms. The quantitative estimate of drug-likeness (QED) is 0.826. The number of aromatic nitrogens is 1. The van der Waals surface area contributed by atoms with Crippen molar-refractivity contribution >= 4 is 23.3 Å². The van der Waals surface area contributed by atoms with Crippen molar-refractivity contribution in [1.82, 2.24) is 4.98 Å². The molecule has 0 fully saturated rings. The number of alkyl halides is 1. The molecule has 0 bridgehead atoms. The summed E-state index contributed by atoms with van der Waals surface area (Å²) in [4.78, 5) is 4.15. The Morgan fingerprint density at radius 2 is 1.80 bits per heavy atom. The number of hydrogen-bond acceptors (Lipinski definition) is 6. The largest absolute Gasteiger partial charge is 0.493 e. The van der Waals surface area contributed by atoms with E-state index in [9.17, 15) is 0 Å². The number of halogens is 1. The van der Waals surface area contributed by atoms with Gasteiger partial charge in [0, 0.05) is 17.8 Å². The van der Waals surface area contributed by atoms with E-state index < -0.39 is 0 Å². The third-order valence-electron chi connectivity index (χ3n) is 2.60. The van der Waals surface area contributed by atoms with Crippen LogP contribution >= 0.6 is 11.6 Å². The van der Waals surface area contributed by atoms with Gasteiger partial charge in [0.25, 0.3) is 6.01 Å². The summed E-state index contributed by atoms with van der Waals surface area (Å²) >= 11 is 5.67. The van der Waals surface area contributed by atoms with Gasteiger partial charge in [-0.25, -0.2) is 0 Å². The second-order valence-electron chi connectivity index (χ2n) is 3.82. The summed E-state index contributed by atoms with van der Waals surface area (Å²) in [6.07, 6.45) is 1.49. The Bertz CT molecular complexity index is 560. The van der Waals surface area contributed by atoms with Crippen molar-refractivity contribution in [3.63, 3.8) is 0 Å². The molecule has 1 aromatic carbocycles. The van der Waals surface area contributed by atoms with Gasteiger partial charge in [-0.15, -0.1) is 11.6 Å². The van der Waals surface area contributed by atoms with Gasteiger partial charge >= 0.3 is 0 Å². The number of benzene rings is 1. The topological polar surface area (TPSA) is 65.8 Å². The highest BCUT2D eigenvalue weighted by Crippen LogP contribution is 2.40. The van der Waals surface area contributed by atoms with Gasteiger partial charge in [-0.2, -0.15) is 4.98 Å². The zero-order valence-electron chi connectivity index (χ0n) is 11.4. The molecule has 0 aliphatic carbocycles. The van der Waals surface area contributed by atoms with Crippen molar-refractivity contribution in [1.29, 1.82) is 0 Å². The first-order valence-electron chi connectivity index (χ1n) is 5.79. The Balaban J connectivity index is 2.31. The van der Waals surface area contributed by atoms with E-state index in [4.69, 9.17) is 30.2 Å². The predicted octanol–water partition coefficient (Wildman–Crippen LogP) is 3.18. The summed E-state index contributed by atoms with van der Waals surface area (Å²) in [5, 5.41) is 3.01. The van der Waals surface area contributed by atoms with E-state index in [-0.39, 0.29) is 0 Å². The maximum atomic E-state index is 5.67. The van der Waals surface area contributed by atoms with Gasteiger partial charge < -0.3 is 23.9 Å². The zero-order chi connectivity index (χ0) is 14.5. The monoisotopic (exact) mass is 298 g/mol. The lowest BCUT2D eigenvalue weighted by atomic mass is 10.2. The summed E-state index contributed by atoms with van der Waals surface area (Å²) < 4.78 is 21.0. The van der Waals surface area contributed by atoms with E-state index in [1.54, 1.807) is 33.5 Å². The van der Waals surface area contributed by atoms with E-state index in [2.05, 4.69) is 10.3 Å². The molecule has 0 amide bonds. The average molecular weight is 299 g/mol. The number of rotatable bonds is 6. The van der Waals surface area contributed by atoms with Crippen LogP contribution in [0.2, 0.25) is 0 Å². The van der Waals surface area contributed by atoms with Crippen LogP contribution in [0.3, 0.4) is 0 Å². The molecule has 1 heterocycles. The van der Waals surface area contributed by atoms with Gasteiger partial charge in [-0.3, -0.25) is 0 Å². The smallest absolute Gasteiger partial charge is 0.299 e. The normalized spacial score (nSPS) is 10.2. The minimum absolute atomic E-state index is 0.292. The van der Waals surface area contributed by atoms with Crippen molar-refractivity contribution in [2.45, 2.75) is 5.88 Å². The summed E-state index contributed by atoms with van der Waals surface area (Å²) in [5.74, 6) is 1.90. The van der Waals surface area contributed by atoms with Gasteiger partial charge in [0.2, 0.25) is 5.75 Å². The van der Waals surface area contributed by atoms with Crippen LogP contribution in [-0.4, -0.2) is 26.3 Å². The van der Waals surface area contributed by atoms with Crippen LogP contribution < -0.4 is 19.5 Å². The number of hydrogen-bond donors (Lipinski definition) is 1. The van der Waals surface area contributed by atoms with Crippen LogP contribution in [0, 0.1) is 0 Å². The fourth-order valence-corrected chi connectivity index (χ4v) is 1.83. The molecule has 1 N–H and O–H groups in total. The zero-order valence-corrected chi connectivity index (χ0v) is 12.2. The van der Waals surface area contributed by atoms with Crippen molar-refractivity contribution in [3.05, 3.63) is 24.1 Å². The van der Waals surface area contributed by atoms with Crippen LogP contribution in [0.4, 0.5) is 11.7 Å². The number of anilines is 2. The van der Waals surface area contributed by atoms with E-state index in [1.807, 2.05) is 0 Å². The maximum Gasteiger partial charge on any atom is 0.299 e. The van der Waals surface area contributed by atoms with Crippen molar-refractivity contribution in [3.8, 4) is 17.2 Å². The predicted molar refractivity (Wildman–Crippen MR) is 75.4 cm³/mol. The van der Waals surface area contributed by atoms with E-state index in [0.717, 1.165) is 0 Å². The molecular formula is C13H15ClN2O4. The van der Waals surface area contributed by atoms with Gasteiger partial charge in [0.15, 0.2) is 11.5 Å². The van der Waals surface area contributed by atoms with E-state index in [0.29, 0.717) is 40.5 Å². The Kier molecular flexibility index (Phi) is 4.57. The first kappa shape index (κ1) is 14.3. The molecule has 108 valence electrons. The first-order valence-corrected chi connectivity index (χ1v) is 6.32. The number of methoxy groups -OCH3 is 3. The van der Waals surface area contributed by atoms with E-state index in [1.165, 1.54) is 6.26 Å². The molecule has 0 aliphatic rings. The number of nitrogens with zero attached hydrogens (tertiary/aromatic N) is 1. The lowest BCUT2D eigenvalue weighted by Gasteiger charge is -2.13. The molecule has 0 radical (unpaired) electrons. The van der Waals surface area contributed by atoms with Crippen LogP contribution in [0.1, 0.15) is 5.69 Å². The molecule has 0 atom stereocenters. The summed E-state index contributed by atoms with van der Waals surface area (Å²) in [6, 6.07) is 3.85. The molecule has 6 nitrogen and oxygen atoms in total.